The summed E-state index contributed by atoms with van der Waals surface area (Å²) >= 11 is 1.49. The number of carbonyl (C=O) groups excluding carboxylic acids is 1. The number of aromatic nitrogens is 1. The summed E-state index contributed by atoms with van der Waals surface area (Å²) in [5.41, 5.74) is 7.30. The second kappa shape index (κ2) is 9.52. The van der Waals surface area contributed by atoms with Gasteiger partial charge in [-0.25, -0.2) is 4.98 Å². The van der Waals surface area contributed by atoms with Gasteiger partial charge in [-0.2, -0.15) is 0 Å². The molecule has 1 atom stereocenters. The molecule has 0 aliphatic carbocycles. The molecule has 0 fully saturated rings. The number of amides is 1. The van der Waals surface area contributed by atoms with Gasteiger partial charge < -0.3 is 11.1 Å². The molecule has 2 aromatic rings. The Labute approximate surface area is 147 Å². The average molecular weight is 346 g/mol. The number of nitrogens with one attached hydrogen (secondary N) is 1. The predicted octanol–water partition coefficient (Wildman–Crippen LogP) is 2.28. The standard InChI is InChI=1S/C18H26N4OS/c1-14(22(2)12-15-6-4-3-5-7-15)9-11-20-18(23)16-13-24-17(21-16)8-10-19/h3-7,13-14H,8-12,19H2,1-2H3,(H,20,23). The van der Waals surface area contributed by atoms with Crippen LogP contribution in [0.15, 0.2) is 35.7 Å². The SMILES string of the molecule is CC(CCNC(=O)c1csc(CCN)n1)N(C)Cc1ccccc1. The van der Waals surface area contributed by atoms with Crippen LogP contribution in [0.5, 0.6) is 0 Å². The van der Waals surface area contributed by atoms with Gasteiger partial charge in [-0.3, -0.25) is 9.69 Å². The zero-order valence-electron chi connectivity index (χ0n) is 14.4. The van der Waals surface area contributed by atoms with Crippen LogP contribution >= 0.6 is 11.3 Å². The number of thiazole rings is 1. The number of rotatable bonds is 9. The Morgan fingerprint density at radius 1 is 1.38 bits per heavy atom. The van der Waals surface area contributed by atoms with Gasteiger partial charge in [0, 0.05) is 30.9 Å². The first kappa shape index (κ1) is 18.6. The maximum atomic E-state index is 12.1. The van der Waals surface area contributed by atoms with Crippen molar-refractivity contribution < 1.29 is 4.79 Å². The van der Waals surface area contributed by atoms with Crippen LogP contribution in [0.4, 0.5) is 0 Å². The van der Waals surface area contributed by atoms with Crippen LogP contribution in [0.3, 0.4) is 0 Å². The van der Waals surface area contributed by atoms with Gasteiger partial charge in [0.1, 0.15) is 5.69 Å². The van der Waals surface area contributed by atoms with Crippen molar-refractivity contribution in [2.24, 2.45) is 5.73 Å². The number of hydrogen-bond acceptors (Lipinski definition) is 5. The van der Waals surface area contributed by atoms with E-state index in [1.54, 1.807) is 5.38 Å². The number of benzene rings is 1. The van der Waals surface area contributed by atoms with Crippen molar-refractivity contribution in [2.75, 3.05) is 20.1 Å². The van der Waals surface area contributed by atoms with Gasteiger partial charge in [-0.05, 0) is 32.5 Å². The van der Waals surface area contributed by atoms with Crippen LogP contribution in [0.25, 0.3) is 0 Å². The van der Waals surface area contributed by atoms with E-state index in [1.807, 2.05) is 6.07 Å². The van der Waals surface area contributed by atoms with Gasteiger partial charge in [0.05, 0.1) is 5.01 Å². The summed E-state index contributed by atoms with van der Waals surface area (Å²) in [6.07, 6.45) is 1.62. The van der Waals surface area contributed by atoms with Crippen LogP contribution in [-0.4, -0.2) is 42.0 Å². The second-order valence-corrected chi connectivity index (χ2v) is 6.90. The summed E-state index contributed by atoms with van der Waals surface area (Å²) in [6, 6.07) is 10.8. The summed E-state index contributed by atoms with van der Waals surface area (Å²) in [7, 11) is 2.11. The first-order chi connectivity index (χ1) is 11.6. The minimum atomic E-state index is -0.104. The van der Waals surface area contributed by atoms with Crippen molar-refractivity contribution in [1.29, 1.82) is 0 Å². The highest BCUT2D eigenvalue weighted by molar-refractivity contribution is 7.09. The van der Waals surface area contributed by atoms with E-state index in [-0.39, 0.29) is 5.91 Å². The Hall–Kier alpha value is -1.76. The predicted molar refractivity (Wildman–Crippen MR) is 99.2 cm³/mol. The number of nitrogens with two attached hydrogens (primary N) is 1. The van der Waals surface area contributed by atoms with Crippen LogP contribution in [-0.2, 0) is 13.0 Å². The fourth-order valence-corrected chi connectivity index (χ4v) is 3.18. The lowest BCUT2D eigenvalue weighted by atomic mass is 10.1. The molecule has 0 saturated heterocycles. The molecule has 3 N–H and O–H groups in total. The number of nitrogens with zero attached hydrogens (tertiary/aromatic N) is 2. The Morgan fingerprint density at radius 2 is 2.12 bits per heavy atom. The van der Waals surface area contributed by atoms with Crippen molar-refractivity contribution in [2.45, 2.75) is 32.4 Å². The lowest BCUT2D eigenvalue weighted by Gasteiger charge is -2.24. The largest absolute Gasteiger partial charge is 0.351 e. The highest BCUT2D eigenvalue weighted by Gasteiger charge is 2.13. The monoisotopic (exact) mass is 346 g/mol. The van der Waals surface area contributed by atoms with Crippen LogP contribution < -0.4 is 11.1 Å². The molecular formula is C18H26N4OS. The number of carbonyl (C=O) groups is 1. The Morgan fingerprint density at radius 3 is 2.83 bits per heavy atom. The highest BCUT2D eigenvalue weighted by Crippen LogP contribution is 2.10. The molecule has 1 unspecified atom stereocenters. The van der Waals surface area contributed by atoms with Gasteiger partial charge >= 0.3 is 0 Å². The van der Waals surface area contributed by atoms with Gasteiger partial charge in [-0.15, -0.1) is 11.3 Å². The van der Waals surface area contributed by atoms with Crippen LogP contribution in [0.2, 0.25) is 0 Å². The molecule has 0 aliphatic rings. The second-order valence-electron chi connectivity index (χ2n) is 5.96. The first-order valence-corrected chi connectivity index (χ1v) is 9.15. The van der Waals surface area contributed by atoms with Crippen molar-refractivity contribution in [3.63, 3.8) is 0 Å². The minimum absolute atomic E-state index is 0.104. The maximum Gasteiger partial charge on any atom is 0.270 e. The molecule has 24 heavy (non-hydrogen) atoms. The molecule has 1 aromatic carbocycles. The molecule has 2 rings (SSSR count). The smallest absolute Gasteiger partial charge is 0.270 e. The van der Waals surface area contributed by atoms with Crippen molar-refractivity contribution in [3.8, 4) is 0 Å². The van der Waals surface area contributed by atoms with Crippen molar-refractivity contribution >= 4 is 17.2 Å². The number of hydrogen-bond donors (Lipinski definition) is 2. The summed E-state index contributed by atoms with van der Waals surface area (Å²) in [5, 5.41) is 5.66. The van der Waals surface area contributed by atoms with E-state index < -0.39 is 0 Å². The fraction of sp³-hybridized carbons (Fsp3) is 0.444. The van der Waals surface area contributed by atoms with Crippen molar-refractivity contribution in [1.82, 2.24) is 15.2 Å². The fourth-order valence-electron chi connectivity index (χ4n) is 2.39. The average Bonchev–Trinajstić information content (AvgIpc) is 3.04. The zero-order chi connectivity index (χ0) is 17.4. The first-order valence-electron chi connectivity index (χ1n) is 8.27. The quantitative estimate of drug-likeness (QED) is 0.731. The third-order valence-corrected chi connectivity index (χ3v) is 4.93. The molecule has 5 nitrogen and oxygen atoms in total. The maximum absolute atomic E-state index is 12.1. The molecule has 0 spiro atoms. The zero-order valence-corrected chi connectivity index (χ0v) is 15.2. The third-order valence-electron chi connectivity index (χ3n) is 4.02. The van der Waals surface area contributed by atoms with E-state index in [0.29, 0.717) is 24.8 Å². The van der Waals surface area contributed by atoms with Gasteiger partial charge in [0.25, 0.3) is 5.91 Å². The Bertz CT molecular complexity index is 629. The van der Waals surface area contributed by atoms with Gasteiger partial charge in [0.15, 0.2) is 0 Å². The van der Waals surface area contributed by atoms with E-state index >= 15 is 0 Å². The van der Waals surface area contributed by atoms with E-state index in [4.69, 9.17) is 5.73 Å². The van der Waals surface area contributed by atoms with E-state index in [2.05, 4.69) is 53.4 Å². The lowest BCUT2D eigenvalue weighted by Crippen LogP contribution is -2.33. The molecule has 0 radical (unpaired) electrons. The van der Waals surface area contributed by atoms with Crippen molar-refractivity contribution in [3.05, 3.63) is 52.0 Å². The van der Waals surface area contributed by atoms with Crippen LogP contribution in [0, 0.1) is 0 Å². The summed E-state index contributed by atoms with van der Waals surface area (Å²) in [6.45, 7) is 4.28. The molecule has 1 heterocycles. The topological polar surface area (TPSA) is 71.2 Å². The Balaban J connectivity index is 1.73. The third kappa shape index (κ3) is 5.70. The summed E-state index contributed by atoms with van der Waals surface area (Å²) in [4.78, 5) is 18.7. The summed E-state index contributed by atoms with van der Waals surface area (Å²) < 4.78 is 0. The van der Waals surface area contributed by atoms with Crippen LogP contribution in [0.1, 0.15) is 34.4 Å². The molecule has 130 valence electrons. The van der Waals surface area contributed by atoms with Gasteiger partial charge in [-0.1, -0.05) is 30.3 Å². The molecular weight excluding hydrogens is 320 g/mol. The van der Waals surface area contributed by atoms with E-state index in [0.717, 1.165) is 24.4 Å². The molecule has 1 aromatic heterocycles. The van der Waals surface area contributed by atoms with E-state index in [1.165, 1.54) is 16.9 Å². The molecule has 6 heteroatoms. The minimum Gasteiger partial charge on any atom is -0.351 e. The van der Waals surface area contributed by atoms with E-state index in [9.17, 15) is 4.79 Å². The molecule has 1 amide bonds. The summed E-state index contributed by atoms with van der Waals surface area (Å²) in [5.74, 6) is -0.104. The molecule has 0 aliphatic heterocycles. The molecule has 0 saturated carbocycles. The van der Waals surface area contributed by atoms with Gasteiger partial charge in [0.2, 0.25) is 0 Å². The Kier molecular flexibility index (Phi) is 7.36. The lowest BCUT2D eigenvalue weighted by molar-refractivity contribution is 0.0944. The normalized spacial score (nSPS) is 12.3. The highest BCUT2D eigenvalue weighted by atomic mass is 32.1. The molecule has 0 bridgehead atoms.